The molecule has 1 heterocycles. The lowest BCUT2D eigenvalue weighted by molar-refractivity contribution is -0.149. The van der Waals surface area contributed by atoms with Crippen LogP contribution in [-0.4, -0.2) is 21.7 Å². The minimum absolute atomic E-state index is 0.407. The number of hydrogen-bond donors (Lipinski definition) is 1. The summed E-state index contributed by atoms with van der Waals surface area (Å²) in [6.45, 7) is 7.68. The fourth-order valence-corrected chi connectivity index (χ4v) is 3.31. The number of hydrogen-bond acceptors (Lipinski definition) is 4. The predicted molar refractivity (Wildman–Crippen MR) is 122 cm³/mol. The summed E-state index contributed by atoms with van der Waals surface area (Å²) in [5.74, 6) is -1.01. The van der Waals surface area contributed by atoms with Gasteiger partial charge in [-0.25, -0.2) is 4.79 Å². The number of anilines is 1. The largest absolute Gasteiger partial charge is 0.444 e. The van der Waals surface area contributed by atoms with Crippen LogP contribution in [0.3, 0.4) is 0 Å². The molecule has 0 aliphatic carbocycles. The number of nitrogens with zero attached hydrogens (tertiary/aromatic N) is 2. The van der Waals surface area contributed by atoms with Crippen molar-refractivity contribution in [3.63, 3.8) is 0 Å². The molecule has 3 rings (SSSR count). The second-order valence-corrected chi connectivity index (χ2v) is 7.58. The van der Waals surface area contributed by atoms with Gasteiger partial charge in [0, 0.05) is 35.6 Å². The van der Waals surface area contributed by atoms with E-state index in [0.717, 1.165) is 28.1 Å². The van der Waals surface area contributed by atoms with E-state index < -0.39 is 18.0 Å². The summed E-state index contributed by atoms with van der Waals surface area (Å²) in [6, 6.07) is 14.8. The lowest BCUT2D eigenvalue weighted by Gasteiger charge is -2.18. The van der Waals surface area contributed by atoms with Gasteiger partial charge in [-0.05, 0) is 51.0 Å². The third kappa shape index (κ3) is 5.28. The summed E-state index contributed by atoms with van der Waals surface area (Å²) < 4.78 is 7.34. The van der Waals surface area contributed by atoms with E-state index in [1.165, 1.54) is 6.08 Å². The standard InChI is InChI=1S/C25H27N3O3/c1-16-11-12-17(2)22(15-16)26-25(30)24(20-9-7-6-8-10-20)31-23(29)14-13-21-18(3)27-28(5)19(21)4/h6-15,24H,1-5H3,(H,26,30)/b14-13+/t24-/m0/s1. The van der Waals surface area contributed by atoms with E-state index in [1.807, 2.05) is 59.0 Å². The Morgan fingerprint density at radius 1 is 1.06 bits per heavy atom. The first kappa shape index (κ1) is 22.0. The highest BCUT2D eigenvalue weighted by Crippen LogP contribution is 2.23. The molecule has 2 aromatic carbocycles. The SMILES string of the molecule is Cc1ccc(C)c(NC(=O)[C@@H](OC(=O)/C=C/c2c(C)nn(C)c2C)c2ccccc2)c1. The molecule has 0 bridgehead atoms. The molecule has 31 heavy (non-hydrogen) atoms. The second kappa shape index (κ2) is 9.43. The van der Waals surface area contributed by atoms with Gasteiger partial charge in [0.25, 0.3) is 5.91 Å². The van der Waals surface area contributed by atoms with Crippen molar-refractivity contribution in [1.29, 1.82) is 0 Å². The number of esters is 1. The summed E-state index contributed by atoms with van der Waals surface area (Å²) in [5, 5.41) is 7.23. The molecule has 1 atom stereocenters. The fraction of sp³-hybridized carbons (Fsp3) is 0.240. The molecule has 160 valence electrons. The van der Waals surface area contributed by atoms with Gasteiger partial charge in [0.2, 0.25) is 6.10 Å². The van der Waals surface area contributed by atoms with Crippen molar-refractivity contribution >= 4 is 23.6 Å². The minimum Gasteiger partial charge on any atom is -0.444 e. The first-order valence-electron chi connectivity index (χ1n) is 10.1. The molecule has 6 heteroatoms. The Balaban J connectivity index is 1.82. The van der Waals surface area contributed by atoms with Crippen LogP contribution in [0.4, 0.5) is 5.69 Å². The number of rotatable bonds is 6. The van der Waals surface area contributed by atoms with Crippen LogP contribution in [0.2, 0.25) is 0 Å². The maximum Gasteiger partial charge on any atom is 0.331 e. The Hall–Kier alpha value is -3.67. The monoisotopic (exact) mass is 417 g/mol. The maximum atomic E-state index is 13.1. The van der Waals surface area contributed by atoms with E-state index in [2.05, 4.69) is 10.4 Å². The quantitative estimate of drug-likeness (QED) is 0.470. The van der Waals surface area contributed by atoms with E-state index in [-0.39, 0.29) is 0 Å². The van der Waals surface area contributed by atoms with E-state index in [1.54, 1.807) is 35.0 Å². The highest BCUT2D eigenvalue weighted by Gasteiger charge is 2.25. The topological polar surface area (TPSA) is 73.2 Å². The molecule has 3 aromatic rings. The Kier molecular flexibility index (Phi) is 6.70. The smallest absolute Gasteiger partial charge is 0.331 e. The summed E-state index contributed by atoms with van der Waals surface area (Å²) in [7, 11) is 1.85. The van der Waals surface area contributed by atoms with Crippen LogP contribution in [-0.2, 0) is 21.4 Å². The molecule has 6 nitrogen and oxygen atoms in total. The van der Waals surface area contributed by atoms with Crippen LogP contribution >= 0.6 is 0 Å². The zero-order valence-electron chi connectivity index (χ0n) is 18.5. The van der Waals surface area contributed by atoms with Gasteiger partial charge in [0.15, 0.2) is 0 Å². The molecular formula is C25H27N3O3. The number of aromatic nitrogens is 2. The lowest BCUT2D eigenvalue weighted by atomic mass is 10.1. The van der Waals surface area contributed by atoms with Crippen LogP contribution in [0, 0.1) is 27.7 Å². The molecule has 1 N–H and O–H groups in total. The molecule has 0 fully saturated rings. The molecular weight excluding hydrogens is 390 g/mol. The van der Waals surface area contributed by atoms with Gasteiger partial charge in [-0.15, -0.1) is 0 Å². The van der Waals surface area contributed by atoms with Crippen molar-refractivity contribution in [2.24, 2.45) is 7.05 Å². The average Bonchev–Trinajstić information content (AvgIpc) is 2.99. The number of nitrogens with one attached hydrogen (secondary N) is 1. The molecule has 0 aliphatic rings. The Morgan fingerprint density at radius 3 is 2.42 bits per heavy atom. The normalized spacial score (nSPS) is 12.0. The number of carbonyl (C=O) groups is 2. The minimum atomic E-state index is -1.07. The first-order valence-corrected chi connectivity index (χ1v) is 10.1. The number of ether oxygens (including phenoxy) is 1. The summed E-state index contributed by atoms with van der Waals surface area (Å²) in [4.78, 5) is 25.7. The van der Waals surface area contributed by atoms with E-state index in [0.29, 0.717) is 11.3 Å². The van der Waals surface area contributed by atoms with Crippen LogP contribution in [0.15, 0.2) is 54.6 Å². The fourth-order valence-electron chi connectivity index (χ4n) is 3.31. The molecule has 0 aliphatic heterocycles. The highest BCUT2D eigenvalue weighted by atomic mass is 16.5. The van der Waals surface area contributed by atoms with Crippen molar-refractivity contribution < 1.29 is 14.3 Å². The van der Waals surface area contributed by atoms with Crippen molar-refractivity contribution in [1.82, 2.24) is 9.78 Å². The lowest BCUT2D eigenvalue weighted by Crippen LogP contribution is -2.25. The second-order valence-electron chi connectivity index (χ2n) is 7.58. The Bertz CT molecular complexity index is 1130. The summed E-state index contributed by atoms with van der Waals surface area (Å²) in [6.07, 6.45) is 1.93. The molecule has 0 saturated heterocycles. The van der Waals surface area contributed by atoms with Gasteiger partial charge in [-0.1, -0.05) is 42.5 Å². The van der Waals surface area contributed by atoms with Gasteiger partial charge in [0.1, 0.15) is 0 Å². The molecule has 0 radical (unpaired) electrons. The molecule has 0 saturated carbocycles. The highest BCUT2D eigenvalue weighted by molar-refractivity contribution is 5.98. The van der Waals surface area contributed by atoms with Crippen LogP contribution < -0.4 is 5.32 Å². The molecule has 0 unspecified atom stereocenters. The Morgan fingerprint density at radius 2 is 1.77 bits per heavy atom. The molecule has 0 spiro atoms. The summed E-state index contributed by atoms with van der Waals surface area (Å²) in [5.41, 5.74) is 5.86. The van der Waals surface area contributed by atoms with Crippen molar-refractivity contribution in [3.05, 3.63) is 88.2 Å². The van der Waals surface area contributed by atoms with Crippen molar-refractivity contribution in [2.45, 2.75) is 33.8 Å². The van der Waals surface area contributed by atoms with E-state index in [4.69, 9.17) is 4.74 Å². The maximum absolute atomic E-state index is 13.1. The van der Waals surface area contributed by atoms with Gasteiger partial charge in [-0.2, -0.15) is 5.10 Å². The summed E-state index contributed by atoms with van der Waals surface area (Å²) >= 11 is 0. The van der Waals surface area contributed by atoms with Crippen molar-refractivity contribution in [2.75, 3.05) is 5.32 Å². The van der Waals surface area contributed by atoms with Gasteiger partial charge in [-0.3, -0.25) is 9.48 Å². The van der Waals surface area contributed by atoms with Gasteiger partial charge < -0.3 is 10.1 Å². The van der Waals surface area contributed by atoms with Crippen LogP contribution in [0.25, 0.3) is 6.08 Å². The van der Waals surface area contributed by atoms with Crippen LogP contribution in [0.1, 0.15) is 39.7 Å². The Labute approximate surface area is 182 Å². The van der Waals surface area contributed by atoms with Gasteiger partial charge >= 0.3 is 5.97 Å². The third-order valence-electron chi connectivity index (χ3n) is 5.18. The number of aryl methyl sites for hydroxylation is 4. The van der Waals surface area contributed by atoms with Crippen molar-refractivity contribution in [3.8, 4) is 0 Å². The first-order chi connectivity index (χ1) is 14.8. The number of carbonyl (C=O) groups excluding carboxylic acids is 2. The number of benzene rings is 2. The predicted octanol–water partition coefficient (Wildman–Crippen LogP) is 4.59. The van der Waals surface area contributed by atoms with Crippen LogP contribution in [0.5, 0.6) is 0 Å². The zero-order chi connectivity index (χ0) is 22.5. The molecule has 1 amide bonds. The average molecular weight is 418 g/mol. The van der Waals surface area contributed by atoms with Gasteiger partial charge in [0.05, 0.1) is 5.69 Å². The zero-order valence-corrected chi connectivity index (χ0v) is 18.5. The third-order valence-corrected chi connectivity index (χ3v) is 5.18. The van der Waals surface area contributed by atoms with E-state index >= 15 is 0 Å². The number of amides is 1. The molecule has 1 aromatic heterocycles. The van der Waals surface area contributed by atoms with E-state index in [9.17, 15) is 9.59 Å².